The summed E-state index contributed by atoms with van der Waals surface area (Å²) in [5.41, 5.74) is 0.874. The lowest BCUT2D eigenvalue weighted by atomic mass is 9.97. The van der Waals surface area contributed by atoms with Crippen LogP contribution in [0.15, 0.2) is 36.4 Å². The van der Waals surface area contributed by atoms with Crippen molar-refractivity contribution < 1.29 is 14.7 Å². The van der Waals surface area contributed by atoms with Crippen molar-refractivity contribution in [1.29, 1.82) is 0 Å². The Hall–Kier alpha value is -1.84. The van der Waals surface area contributed by atoms with Gasteiger partial charge in [0.15, 0.2) is 5.78 Å². The molecule has 0 bridgehead atoms. The predicted molar refractivity (Wildman–Crippen MR) is 78.0 cm³/mol. The number of ketones is 1. The summed E-state index contributed by atoms with van der Waals surface area (Å²) in [6.07, 6.45) is 0. The van der Waals surface area contributed by atoms with Gasteiger partial charge in [-0.1, -0.05) is 41.4 Å². The molecule has 102 valence electrons. The highest BCUT2D eigenvalue weighted by atomic mass is 35.5. The number of carbonyl (C=O) groups excluding carboxylic acids is 1. The normalized spacial score (nSPS) is 10.3. The van der Waals surface area contributed by atoms with Crippen LogP contribution < -0.4 is 0 Å². The third-order valence-electron chi connectivity index (χ3n) is 2.97. The van der Waals surface area contributed by atoms with Crippen molar-refractivity contribution in [3.63, 3.8) is 0 Å². The highest BCUT2D eigenvalue weighted by Crippen LogP contribution is 2.29. The van der Waals surface area contributed by atoms with Gasteiger partial charge in [-0.3, -0.25) is 4.79 Å². The summed E-state index contributed by atoms with van der Waals surface area (Å²) in [5, 5.41) is 9.82. The Balaban J connectivity index is 2.58. The van der Waals surface area contributed by atoms with E-state index in [2.05, 4.69) is 0 Å². The van der Waals surface area contributed by atoms with Crippen LogP contribution in [0.4, 0.5) is 0 Å². The summed E-state index contributed by atoms with van der Waals surface area (Å²) >= 11 is 12.1. The molecule has 0 saturated heterocycles. The summed E-state index contributed by atoms with van der Waals surface area (Å²) in [4.78, 5) is 23.6. The Morgan fingerprint density at radius 3 is 2.15 bits per heavy atom. The average molecular weight is 309 g/mol. The molecule has 0 unspecified atom stereocenters. The molecule has 3 nitrogen and oxygen atoms in total. The van der Waals surface area contributed by atoms with Crippen molar-refractivity contribution in [2.24, 2.45) is 0 Å². The van der Waals surface area contributed by atoms with Gasteiger partial charge in [0.2, 0.25) is 0 Å². The van der Waals surface area contributed by atoms with Gasteiger partial charge in [-0.25, -0.2) is 4.79 Å². The number of rotatable bonds is 3. The van der Waals surface area contributed by atoms with Crippen molar-refractivity contribution in [1.82, 2.24) is 0 Å². The zero-order chi connectivity index (χ0) is 14.9. The second-order valence-corrected chi connectivity index (χ2v) is 5.00. The van der Waals surface area contributed by atoms with Gasteiger partial charge in [0, 0.05) is 16.1 Å². The van der Waals surface area contributed by atoms with Crippen LogP contribution in [0.3, 0.4) is 0 Å². The molecule has 0 aliphatic carbocycles. The zero-order valence-corrected chi connectivity index (χ0v) is 12.0. The molecule has 20 heavy (non-hydrogen) atoms. The van der Waals surface area contributed by atoms with Gasteiger partial charge in [0.1, 0.15) is 0 Å². The summed E-state index contributed by atoms with van der Waals surface area (Å²) in [6.45, 7) is 1.70. The first kappa shape index (κ1) is 14.6. The van der Waals surface area contributed by atoms with Gasteiger partial charge in [0.25, 0.3) is 0 Å². The Morgan fingerprint density at radius 2 is 1.55 bits per heavy atom. The third-order valence-corrected chi connectivity index (χ3v) is 3.86. The maximum absolute atomic E-state index is 12.5. The predicted octanol–water partition coefficient (Wildman–Crippen LogP) is 4.23. The molecule has 2 aromatic rings. The van der Waals surface area contributed by atoms with E-state index in [0.29, 0.717) is 10.6 Å². The minimum atomic E-state index is -1.16. The first-order valence-corrected chi connectivity index (χ1v) is 6.50. The standard InChI is InChI=1S/C15H10Cl2O3/c1-8-12(16)7-6-11(13(8)17)14(18)9-4-2-3-5-10(9)15(19)20/h2-7H,1H3,(H,19,20). The lowest BCUT2D eigenvalue weighted by molar-refractivity contribution is 0.0693. The van der Waals surface area contributed by atoms with E-state index in [-0.39, 0.29) is 21.7 Å². The van der Waals surface area contributed by atoms with Crippen molar-refractivity contribution >= 4 is 35.0 Å². The van der Waals surface area contributed by atoms with Crippen molar-refractivity contribution in [2.45, 2.75) is 6.92 Å². The molecule has 0 aromatic heterocycles. The molecule has 0 aliphatic rings. The van der Waals surface area contributed by atoms with Crippen LogP contribution in [-0.4, -0.2) is 16.9 Å². The lowest BCUT2D eigenvalue weighted by Crippen LogP contribution is -2.10. The summed E-state index contributed by atoms with van der Waals surface area (Å²) < 4.78 is 0. The molecule has 2 rings (SSSR count). The summed E-state index contributed by atoms with van der Waals surface area (Å²) in [7, 11) is 0. The first-order chi connectivity index (χ1) is 9.43. The fourth-order valence-corrected chi connectivity index (χ4v) is 2.31. The Kier molecular flexibility index (Phi) is 4.12. The van der Waals surface area contributed by atoms with Crippen molar-refractivity contribution in [2.75, 3.05) is 0 Å². The molecule has 0 saturated carbocycles. The van der Waals surface area contributed by atoms with Gasteiger partial charge in [-0.05, 0) is 30.7 Å². The molecule has 0 atom stereocenters. The monoisotopic (exact) mass is 308 g/mol. The number of halogens is 2. The van der Waals surface area contributed by atoms with E-state index in [1.165, 1.54) is 18.2 Å². The van der Waals surface area contributed by atoms with Gasteiger partial charge in [0.05, 0.1) is 10.6 Å². The Labute approximate surface area is 125 Å². The quantitative estimate of drug-likeness (QED) is 0.863. The molecule has 2 aromatic carbocycles. The van der Waals surface area contributed by atoms with E-state index >= 15 is 0 Å². The molecule has 0 fully saturated rings. The molecule has 5 heteroatoms. The van der Waals surface area contributed by atoms with Crippen LogP contribution in [0.5, 0.6) is 0 Å². The van der Waals surface area contributed by atoms with Gasteiger partial charge in [-0.2, -0.15) is 0 Å². The molecule has 0 heterocycles. The second-order valence-electron chi connectivity index (χ2n) is 4.21. The first-order valence-electron chi connectivity index (χ1n) is 5.75. The zero-order valence-electron chi connectivity index (χ0n) is 10.5. The number of aromatic carboxylic acids is 1. The van der Waals surface area contributed by atoms with Crippen LogP contribution in [0.1, 0.15) is 31.8 Å². The lowest BCUT2D eigenvalue weighted by Gasteiger charge is -2.09. The molecule has 0 radical (unpaired) electrons. The van der Waals surface area contributed by atoms with E-state index in [1.54, 1.807) is 25.1 Å². The summed E-state index contributed by atoms with van der Waals surface area (Å²) in [5.74, 6) is -1.59. The number of benzene rings is 2. The minimum absolute atomic E-state index is 0.0545. The van der Waals surface area contributed by atoms with Crippen LogP contribution in [-0.2, 0) is 0 Å². The highest BCUT2D eigenvalue weighted by Gasteiger charge is 2.20. The topological polar surface area (TPSA) is 54.4 Å². The minimum Gasteiger partial charge on any atom is -0.478 e. The van der Waals surface area contributed by atoms with Gasteiger partial charge < -0.3 is 5.11 Å². The van der Waals surface area contributed by atoms with E-state index in [0.717, 1.165) is 0 Å². The third kappa shape index (κ3) is 2.55. The second kappa shape index (κ2) is 5.65. The summed E-state index contributed by atoms with van der Waals surface area (Å²) in [6, 6.07) is 9.08. The van der Waals surface area contributed by atoms with Crippen LogP contribution in [0.25, 0.3) is 0 Å². The van der Waals surface area contributed by atoms with Crippen molar-refractivity contribution in [3.8, 4) is 0 Å². The molecule has 0 amide bonds. The average Bonchev–Trinajstić information content (AvgIpc) is 2.44. The Bertz CT molecular complexity index is 708. The van der Waals surface area contributed by atoms with Crippen LogP contribution >= 0.6 is 23.2 Å². The van der Waals surface area contributed by atoms with Gasteiger partial charge in [-0.15, -0.1) is 0 Å². The van der Waals surface area contributed by atoms with E-state index in [4.69, 9.17) is 28.3 Å². The number of carboxylic acids is 1. The SMILES string of the molecule is Cc1c(Cl)ccc(C(=O)c2ccccc2C(=O)O)c1Cl. The number of carbonyl (C=O) groups is 2. The maximum atomic E-state index is 12.5. The van der Waals surface area contributed by atoms with E-state index in [1.807, 2.05) is 0 Å². The number of hydrogen-bond donors (Lipinski definition) is 1. The van der Waals surface area contributed by atoms with Crippen LogP contribution in [0.2, 0.25) is 10.0 Å². The molecule has 0 aliphatic heterocycles. The smallest absolute Gasteiger partial charge is 0.336 e. The molecule has 0 spiro atoms. The maximum Gasteiger partial charge on any atom is 0.336 e. The van der Waals surface area contributed by atoms with Crippen molar-refractivity contribution in [3.05, 3.63) is 68.7 Å². The number of hydrogen-bond acceptors (Lipinski definition) is 2. The van der Waals surface area contributed by atoms with Gasteiger partial charge >= 0.3 is 5.97 Å². The fraction of sp³-hybridized carbons (Fsp3) is 0.0667. The van der Waals surface area contributed by atoms with E-state index in [9.17, 15) is 9.59 Å². The molecular weight excluding hydrogens is 299 g/mol. The Morgan fingerprint density at radius 1 is 0.950 bits per heavy atom. The fourth-order valence-electron chi connectivity index (χ4n) is 1.85. The van der Waals surface area contributed by atoms with Crippen LogP contribution in [0, 0.1) is 6.92 Å². The molecular formula is C15H10Cl2O3. The number of carboxylic acid groups (broad SMARTS) is 1. The highest BCUT2D eigenvalue weighted by molar-refractivity contribution is 6.39. The van der Waals surface area contributed by atoms with E-state index < -0.39 is 11.8 Å². The largest absolute Gasteiger partial charge is 0.478 e. The molecule has 1 N–H and O–H groups in total.